The van der Waals surface area contributed by atoms with Crippen molar-refractivity contribution in [2.24, 2.45) is 0 Å². The summed E-state index contributed by atoms with van der Waals surface area (Å²) in [7, 11) is 1.62. The first-order valence-electron chi connectivity index (χ1n) is 14.3. The molecule has 9 heteroatoms. The smallest absolute Gasteiger partial charge is 0.271 e. The van der Waals surface area contributed by atoms with Crippen molar-refractivity contribution in [2.75, 3.05) is 12.0 Å². The molecule has 7 aromatic rings. The zero-order chi connectivity index (χ0) is 30.5. The molecule has 1 saturated heterocycles. The Kier molecular flexibility index (Phi) is 7.05. The van der Waals surface area contributed by atoms with Gasteiger partial charge < -0.3 is 9.47 Å². The number of hydrogen-bond acceptors (Lipinski definition) is 7. The maximum Gasteiger partial charge on any atom is 0.271 e. The lowest BCUT2D eigenvalue weighted by atomic mass is 9.89. The van der Waals surface area contributed by atoms with Gasteiger partial charge in [0.1, 0.15) is 22.6 Å². The molecule has 0 aliphatic carbocycles. The molecule has 6 nitrogen and oxygen atoms in total. The molecule has 220 valence electrons. The van der Waals surface area contributed by atoms with Gasteiger partial charge in [-0.3, -0.25) is 9.69 Å². The molecular weight excluding hydrogens is 622 g/mol. The van der Waals surface area contributed by atoms with Gasteiger partial charge in [-0.15, -0.1) is 11.3 Å². The number of amides is 1. The van der Waals surface area contributed by atoms with Gasteiger partial charge in [0.2, 0.25) is 6.10 Å². The molecule has 5 aromatic carbocycles. The summed E-state index contributed by atoms with van der Waals surface area (Å²) in [5.41, 5.74) is 3.48. The Labute approximate surface area is 272 Å². The molecule has 1 aliphatic rings. The third-order valence-corrected chi connectivity index (χ3v) is 10.3. The van der Waals surface area contributed by atoms with Gasteiger partial charge in [-0.25, -0.2) is 9.97 Å². The van der Waals surface area contributed by atoms with Crippen molar-refractivity contribution in [1.82, 2.24) is 9.97 Å². The number of rotatable bonds is 7. The average Bonchev–Trinajstić information content (AvgIpc) is 3.49. The first-order valence-corrected chi connectivity index (χ1v) is 16.3. The van der Waals surface area contributed by atoms with Crippen LogP contribution in [0.2, 0.25) is 5.02 Å². The quantitative estimate of drug-likeness (QED) is 0.127. The van der Waals surface area contributed by atoms with Crippen LogP contribution in [-0.4, -0.2) is 29.1 Å². The molecule has 8 rings (SSSR count). The van der Waals surface area contributed by atoms with Gasteiger partial charge in [0.25, 0.3) is 5.91 Å². The number of nitrogens with zero attached hydrogens (tertiary/aromatic N) is 3. The van der Waals surface area contributed by atoms with Gasteiger partial charge in [-0.05, 0) is 83.9 Å². The van der Waals surface area contributed by atoms with E-state index in [9.17, 15) is 4.79 Å². The fraction of sp³-hybridized carbons (Fsp3) is 0.0833. The Bertz CT molecular complexity index is 2190. The van der Waals surface area contributed by atoms with E-state index in [2.05, 4.69) is 36.4 Å². The maximum absolute atomic E-state index is 13.9. The largest absolute Gasteiger partial charge is 0.497 e. The highest BCUT2D eigenvalue weighted by molar-refractivity contribution is 8.01. The van der Waals surface area contributed by atoms with Gasteiger partial charge in [0.05, 0.1) is 22.8 Å². The molecule has 0 N–H and O–H groups in total. The van der Waals surface area contributed by atoms with Gasteiger partial charge in [0, 0.05) is 27.0 Å². The molecule has 3 heterocycles. The van der Waals surface area contributed by atoms with E-state index >= 15 is 0 Å². The van der Waals surface area contributed by atoms with E-state index in [1.54, 1.807) is 47.6 Å². The number of benzene rings is 5. The number of aromatic nitrogens is 2. The molecule has 0 bridgehead atoms. The van der Waals surface area contributed by atoms with Crippen LogP contribution in [0.1, 0.15) is 11.6 Å². The third kappa shape index (κ3) is 5.05. The fourth-order valence-corrected chi connectivity index (χ4v) is 7.99. The number of hydrogen-bond donors (Lipinski definition) is 0. The van der Waals surface area contributed by atoms with Crippen molar-refractivity contribution in [3.8, 4) is 11.5 Å². The van der Waals surface area contributed by atoms with Crippen LogP contribution >= 0.6 is 34.7 Å². The summed E-state index contributed by atoms with van der Waals surface area (Å²) in [5.74, 6) is 1.13. The first-order chi connectivity index (χ1) is 22.1. The standard InChI is InChI=1S/C36H24ClN3O3S2/c1-42-25-18-14-24(15-19-25)40-32(33(35(40)41)43-26-16-12-23(37)13-17-26)28-20-22-11-10-21-6-2-3-7-27(21)31(22)39-34(28)45-36-38-29-8-4-5-9-30(29)44-36/h2-20,32-33H,1H3. The van der Waals surface area contributed by atoms with Crippen molar-refractivity contribution in [3.05, 3.63) is 126 Å². The number of para-hydroxylation sites is 1. The molecule has 45 heavy (non-hydrogen) atoms. The van der Waals surface area contributed by atoms with Crippen LogP contribution in [-0.2, 0) is 4.79 Å². The van der Waals surface area contributed by atoms with E-state index in [0.717, 1.165) is 52.5 Å². The van der Waals surface area contributed by atoms with Crippen LogP contribution in [0, 0.1) is 0 Å². The second-order valence-electron chi connectivity index (χ2n) is 10.6. The number of carbonyl (C=O) groups is 1. The number of thiazole rings is 1. The highest BCUT2D eigenvalue weighted by Crippen LogP contribution is 2.47. The minimum absolute atomic E-state index is 0.144. The molecule has 2 atom stereocenters. The highest BCUT2D eigenvalue weighted by atomic mass is 35.5. The summed E-state index contributed by atoms with van der Waals surface area (Å²) in [6.07, 6.45) is -0.775. The molecule has 0 saturated carbocycles. The number of β-lactam (4-membered cyclic amide) rings is 1. The van der Waals surface area contributed by atoms with Crippen LogP contribution in [0.4, 0.5) is 5.69 Å². The van der Waals surface area contributed by atoms with Crippen molar-refractivity contribution in [3.63, 3.8) is 0 Å². The highest BCUT2D eigenvalue weighted by Gasteiger charge is 2.52. The van der Waals surface area contributed by atoms with E-state index < -0.39 is 12.1 Å². The molecule has 2 aromatic heterocycles. The number of methoxy groups -OCH3 is 1. The van der Waals surface area contributed by atoms with Gasteiger partial charge >= 0.3 is 0 Å². The van der Waals surface area contributed by atoms with Crippen molar-refractivity contribution < 1.29 is 14.3 Å². The Balaban J connectivity index is 1.30. The minimum Gasteiger partial charge on any atom is -0.497 e. The lowest BCUT2D eigenvalue weighted by molar-refractivity contribution is -0.135. The van der Waals surface area contributed by atoms with Crippen LogP contribution in [0.15, 0.2) is 125 Å². The maximum atomic E-state index is 13.9. The SMILES string of the molecule is COc1ccc(N2C(=O)C(Oc3ccc(Cl)cc3)C2c2cc3ccc4ccccc4c3nc2Sc2nc3ccccc3s2)cc1. The number of fused-ring (bicyclic) bond motifs is 4. The van der Waals surface area contributed by atoms with Crippen LogP contribution < -0.4 is 14.4 Å². The van der Waals surface area contributed by atoms with Gasteiger partial charge in [-0.2, -0.15) is 0 Å². The van der Waals surface area contributed by atoms with Crippen molar-refractivity contribution >= 4 is 78.2 Å². The van der Waals surface area contributed by atoms with Gasteiger partial charge in [0.15, 0.2) is 4.34 Å². The van der Waals surface area contributed by atoms with E-state index in [-0.39, 0.29) is 5.91 Å². The zero-order valence-electron chi connectivity index (χ0n) is 23.9. The van der Waals surface area contributed by atoms with E-state index in [1.807, 2.05) is 54.6 Å². The molecule has 1 fully saturated rings. The Morgan fingerprint density at radius 3 is 2.36 bits per heavy atom. The Hall–Kier alpha value is -4.63. The monoisotopic (exact) mass is 645 g/mol. The van der Waals surface area contributed by atoms with E-state index in [0.29, 0.717) is 16.5 Å². The zero-order valence-corrected chi connectivity index (χ0v) is 26.3. The second-order valence-corrected chi connectivity index (χ2v) is 13.3. The molecule has 1 aliphatic heterocycles. The predicted octanol–water partition coefficient (Wildman–Crippen LogP) is 9.35. The van der Waals surface area contributed by atoms with Crippen LogP contribution in [0.5, 0.6) is 11.5 Å². The number of pyridine rings is 1. The molecule has 0 spiro atoms. The third-order valence-electron chi connectivity index (χ3n) is 7.95. The summed E-state index contributed by atoms with van der Waals surface area (Å²) in [4.78, 5) is 25.9. The van der Waals surface area contributed by atoms with Crippen molar-refractivity contribution in [1.29, 1.82) is 0 Å². The summed E-state index contributed by atoms with van der Waals surface area (Å²) >= 11 is 9.29. The Morgan fingerprint density at radius 2 is 1.56 bits per heavy atom. The van der Waals surface area contributed by atoms with Crippen LogP contribution in [0.25, 0.3) is 31.9 Å². The number of anilines is 1. The molecule has 0 radical (unpaired) electrons. The average molecular weight is 646 g/mol. The topological polar surface area (TPSA) is 64.5 Å². The fourth-order valence-electron chi connectivity index (χ4n) is 5.75. The number of halogens is 1. The summed E-state index contributed by atoms with van der Waals surface area (Å²) in [6, 6.07) is 36.8. The normalized spacial score (nSPS) is 16.3. The molecular formula is C36H24ClN3O3S2. The lowest BCUT2D eigenvalue weighted by Gasteiger charge is -2.47. The van der Waals surface area contributed by atoms with Crippen LogP contribution in [0.3, 0.4) is 0 Å². The van der Waals surface area contributed by atoms with Gasteiger partial charge in [-0.1, -0.05) is 60.1 Å². The molecule has 2 unspecified atom stereocenters. The number of ether oxygens (including phenoxy) is 2. The minimum atomic E-state index is -0.775. The lowest BCUT2D eigenvalue weighted by Crippen LogP contribution is -2.61. The summed E-state index contributed by atoms with van der Waals surface area (Å²) < 4.78 is 13.8. The second kappa shape index (κ2) is 11.4. The van der Waals surface area contributed by atoms with E-state index in [1.165, 1.54) is 11.8 Å². The van der Waals surface area contributed by atoms with Crippen molar-refractivity contribution in [2.45, 2.75) is 21.5 Å². The predicted molar refractivity (Wildman–Crippen MR) is 182 cm³/mol. The number of carbonyl (C=O) groups excluding carboxylic acids is 1. The summed E-state index contributed by atoms with van der Waals surface area (Å²) in [5, 5.41) is 4.54. The summed E-state index contributed by atoms with van der Waals surface area (Å²) in [6.45, 7) is 0. The first kappa shape index (κ1) is 27.9. The van der Waals surface area contributed by atoms with E-state index in [4.69, 9.17) is 31.0 Å². The Morgan fingerprint density at radius 1 is 0.822 bits per heavy atom. The molecule has 1 amide bonds.